The van der Waals surface area contributed by atoms with Gasteiger partial charge in [0.15, 0.2) is 0 Å². The van der Waals surface area contributed by atoms with Crippen LogP contribution in [0.15, 0.2) is 24.5 Å². The van der Waals surface area contributed by atoms with Gasteiger partial charge < -0.3 is 5.32 Å². The SMILES string of the molecule is CC1CCCCC1Nc1cc(-n2cnnn2)ccc1F. The molecule has 106 valence electrons. The number of benzene rings is 1. The van der Waals surface area contributed by atoms with Gasteiger partial charge in [0, 0.05) is 6.04 Å². The predicted octanol–water partition coefficient (Wildman–Crippen LogP) is 2.79. The van der Waals surface area contributed by atoms with Crippen molar-refractivity contribution >= 4 is 5.69 Å². The van der Waals surface area contributed by atoms with Gasteiger partial charge in [-0.25, -0.2) is 9.07 Å². The van der Waals surface area contributed by atoms with Crippen molar-refractivity contribution in [2.45, 2.75) is 38.6 Å². The van der Waals surface area contributed by atoms with Gasteiger partial charge in [0.1, 0.15) is 12.1 Å². The lowest BCUT2D eigenvalue weighted by atomic mass is 9.86. The Labute approximate surface area is 117 Å². The molecule has 0 spiro atoms. The first kappa shape index (κ1) is 13.0. The summed E-state index contributed by atoms with van der Waals surface area (Å²) in [6.07, 6.45) is 6.27. The molecule has 1 aromatic carbocycles. The lowest BCUT2D eigenvalue weighted by Gasteiger charge is -2.30. The molecule has 5 nitrogen and oxygen atoms in total. The van der Waals surface area contributed by atoms with Gasteiger partial charge in [-0.15, -0.1) is 5.10 Å². The van der Waals surface area contributed by atoms with Gasteiger partial charge in [-0.1, -0.05) is 19.8 Å². The van der Waals surface area contributed by atoms with Gasteiger partial charge in [-0.05, 0) is 47.4 Å². The molecule has 0 amide bonds. The number of halogens is 1. The molecule has 2 atom stereocenters. The van der Waals surface area contributed by atoms with E-state index in [-0.39, 0.29) is 5.82 Å². The Balaban J connectivity index is 1.83. The van der Waals surface area contributed by atoms with Crippen molar-refractivity contribution in [3.63, 3.8) is 0 Å². The lowest BCUT2D eigenvalue weighted by Crippen LogP contribution is -2.30. The molecule has 1 aliphatic carbocycles. The fraction of sp³-hybridized carbons (Fsp3) is 0.500. The minimum atomic E-state index is -0.236. The molecule has 0 saturated heterocycles. The normalized spacial score (nSPS) is 22.7. The van der Waals surface area contributed by atoms with E-state index in [4.69, 9.17) is 0 Å². The first-order chi connectivity index (χ1) is 9.74. The van der Waals surface area contributed by atoms with Crippen LogP contribution in [-0.2, 0) is 0 Å². The largest absolute Gasteiger partial charge is 0.380 e. The van der Waals surface area contributed by atoms with Crippen molar-refractivity contribution in [2.75, 3.05) is 5.32 Å². The van der Waals surface area contributed by atoms with E-state index in [0.29, 0.717) is 17.6 Å². The van der Waals surface area contributed by atoms with Crippen LogP contribution >= 0.6 is 0 Å². The molecule has 3 rings (SSSR count). The average Bonchev–Trinajstić information content (AvgIpc) is 2.98. The van der Waals surface area contributed by atoms with Crippen molar-refractivity contribution in [3.05, 3.63) is 30.3 Å². The van der Waals surface area contributed by atoms with Gasteiger partial charge in [0.2, 0.25) is 0 Å². The van der Waals surface area contributed by atoms with Crippen molar-refractivity contribution in [1.29, 1.82) is 0 Å². The van der Waals surface area contributed by atoms with E-state index in [9.17, 15) is 4.39 Å². The molecule has 1 aromatic heterocycles. The van der Waals surface area contributed by atoms with Gasteiger partial charge in [0.25, 0.3) is 0 Å². The molecule has 2 unspecified atom stereocenters. The number of tetrazole rings is 1. The molecule has 1 aliphatic rings. The van der Waals surface area contributed by atoms with Crippen molar-refractivity contribution in [2.24, 2.45) is 5.92 Å². The molecule has 1 heterocycles. The van der Waals surface area contributed by atoms with Crippen molar-refractivity contribution in [1.82, 2.24) is 20.2 Å². The number of nitrogens with zero attached hydrogens (tertiary/aromatic N) is 4. The highest BCUT2D eigenvalue weighted by Crippen LogP contribution is 2.28. The van der Waals surface area contributed by atoms with E-state index in [1.165, 1.54) is 36.3 Å². The smallest absolute Gasteiger partial charge is 0.146 e. The zero-order valence-corrected chi connectivity index (χ0v) is 11.5. The Morgan fingerprint density at radius 2 is 2.15 bits per heavy atom. The maximum Gasteiger partial charge on any atom is 0.146 e. The molecular weight excluding hydrogens is 257 g/mol. The minimum absolute atomic E-state index is 0.236. The number of hydrogen-bond acceptors (Lipinski definition) is 4. The summed E-state index contributed by atoms with van der Waals surface area (Å²) in [6.45, 7) is 2.22. The zero-order chi connectivity index (χ0) is 13.9. The van der Waals surface area contributed by atoms with Crippen LogP contribution in [0, 0.1) is 11.7 Å². The van der Waals surface area contributed by atoms with Crippen LogP contribution in [0.25, 0.3) is 5.69 Å². The minimum Gasteiger partial charge on any atom is -0.380 e. The monoisotopic (exact) mass is 275 g/mol. The molecule has 2 aromatic rings. The summed E-state index contributed by atoms with van der Waals surface area (Å²) in [5, 5.41) is 14.4. The molecular formula is C14H18FN5. The zero-order valence-electron chi connectivity index (χ0n) is 11.5. The van der Waals surface area contributed by atoms with E-state index in [1.807, 2.05) is 0 Å². The molecule has 20 heavy (non-hydrogen) atoms. The van der Waals surface area contributed by atoms with Crippen LogP contribution in [0.3, 0.4) is 0 Å². The van der Waals surface area contributed by atoms with Gasteiger partial charge in [-0.3, -0.25) is 0 Å². The Bertz CT molecular complexity index is 569. The highest BCUT2D eigenvalue weighted by Gasteiger charge is 2.22. The van der Waals surface area contributed by atoms with Crippen LogP contribution < -0.4 is 5.32 Å². The molecule has 1 N–H and O–H groups in total. The number of anilines is 1. The second kappa shape index (κ2) is 5.56. The first-order valence-corrected chi connectivity index (χ1v) is 7.03. The maximum atomic E-state index is 14.0. The highest BCUT2D eigenvalue weighted by molar-refractivity contribution is 5.52. The Morgan fingerprint density at radius 3 is 2.90 bits per heavy atom. The van der Waals surface area contributed by atoms with Crippen molar-refractivity contribution in [3.8, 4) is 5.69 Å². The lowest BCUT2D eigenvalue weighted by molar-refractivity contribution is 0.348. The summed E-state index contributed by atoms with van der Waals surface area (Å²) in [7, 11) is 0. The Hall–Kier alpha value is -1.98. The number of aromatic nitrogens is 4. The van der Waals surface area contributed by atoms with E-state index in [2.05, 4.69) is 27.8 Å². The van der Waals surface area contributed by atoms with Crippen LogP contribution in [0.1, 0.15) is 32.6 Å². The molecule has 0 bridgehead atoms. The standard InChI is InChI=1S/C14H18FN5/c1-10-4-2-3-5-13(10)17-14-8-11(6-7-12(14)15)20-9-16-18-19-20/h6-10,13,17H,2-5H2,1H3. The summed E-state index contributed by atoms with van der Waals surface area (Å²) in [5.41, 5.74) is 1.28. The van der Waals surface area contributed by atoms with Crippen LogP contribution in [0.2, 0.25) is 0 Å². The third-order valence-electron chi connectivity index (χ3n) is 4.02. The molecule has 0 aliphatic heterocycles. The number of hydrogen-bond donors (Lipinski definition) is 1. The summed E-state index contributed by atoms with van der Waals surface area (Å²) < 4.78 is 15.5. The second-order valence-electron chi connectivity index (χ2n) is 5.43. The van der Waals surface area contributed by atoms with Gasteiger partial charge in [-0.2, -0.15) is 0 Å². The summed E-state index contributed by atoms with van der Waals surface area (Å²) in [4.78, 5) is 0. The summed E-state index contributed by atoms with van der Waals surface area (Å²) >= 11 is 0. The molecule has 6 heteroatoms. The van der Waals surface area contributed by atoms with Gasteiger partial charge in [0.05, 0.1) is 11.4 Å². The quantitative estimate of drug-likeness (QED) is 0.935. The summed E-state index contributed by atoms with van der Waals surface area (Å²) in [6, 6.07) is 5.21. The fourth-order valence-electron chi connectivity index (χ4n) is 2.78. The van der Waals surface area contributed by atoms with E-state index >= 15 is 0 Å². The Morgan fingerprint density at radius 1 is 1.30 bits per heavy atom. The van der Waals surface area contributed by atoms with E-state index < -0.39 is 0 Å². The van der Waals surface area contributed by atoms with Crippen LogP contribution in [-0.4, -0.2) is 26.2 Å². The van der Waals surface area contributed by atoms with Crippen LogP contribution in [0.5, 0.6) is 0 Å². The Kier molecular flexibility index (Phi) is 3.62. The predicted molar refractivity (Wildman–Crippen MR) is 74.2 cm³/mol. The van der Waals surface area contributed by atoms with Crippen molar-refractivity contribution < 1.29 is 4.39 Å². The third kappa shape index (κ3) is 2.64. The fourth-order valence-corrected chi connectivity index (χ4v) is 2.78. The maximum absolute atomic E-state index is 14.0. The number of nitrogens with one attached hydrogen (secondary N) is 1. The summed E-state index contributed by atoms with van der Waals surface area (Å²) in [5.74, 6) is 0.333. The average molecular weight is 275 g/mol. The van der Waals surface area contributed by atoms with E-state index in [1.54, 1.807) is 12.1 Å². The third-order valence-corrected chi connectivity index (χ3v) is 4.02. The molecule has 1 fully saturated rings. The van der Waals surface area contributed by atoms with Gasteiger partial charge >= 0.3 is 0 Å². The first-order valence-electron chi connectivity index (χ1n) is 7.03. The number of rotatable bonds is 3. The molecule has 0 radical (unpaired) electrons. The second-order valence-corrected chi connectivity index (χ2v) is 5.43. The van der Waals surface area contributed by atoms with Crippen LogP contribution in [0.4, 0.5) is 10.1 Å². The highest BCUT2D eigenvalue weighted by atomic mass is 19.1. The molecule has 1 saturated carbocycles. The van der Waals surface area contributed by atoms with E-state index in [0.717, 1.165) is 12.1 Å². The topological polar surface area (TPSA) is 55.6 Å².